The minimum Gasteiger partial charge on any atom is -0.480 e. The van der Waals surface area contributed by atoms with Crippen molar-refractivity contribution in [3.63, 3.8) is 0 Å². The highest BCUT2D eigenvalue weighted by molar-refractivity contribution is 6.33. The summed E-state index contributed by atoms with van der Waals surface area (Å²) >= 11 is 6.06. The molecule has 1 amide bonds. The van der Waals surface area contributed by atoms with Gasteiger partial charge in [-0.3, -0.25) is 4.79 Å². The van der Waals surface area contributed by atoms with E-state index in [1.165, 1.54) is 16.2 Å². The zero-order valence-electron chi connectivity index (χ0n) is 10.6. The van der Waals surface area contributed by atoms with Crippen molar-refractivity contribution in [3.8, 4) is 0 Å². The van der Waals surface area contributed by atoms with Gasteiger partial charge in [0, 0.05) is 12.2 Å². The minimum absolute atomic E-state index is 0.0829. The fourth-order valence-electron chi connectivity index (χ4n) is 2.14. The molecule has 1 saturated heterocycles. The van der Waals surface area contributed by atoms with Crippen molar-refractivity contribution in [2.24, 2.45) is 0 Å². The molecule has 6 nitrogen and oxygen atoms in total. The van der Waals surface area contributed by atoms with Gasteiger partial charge in [0.1, 0.15) is 0 Å². The number of halogens is 1. The van der Waals surface area contributed by atoms with Gasteiger partial charge >= 0.3 is 5.97 Å². The van der Waals surface area contributed by atoms with Crippen molar-refractivity contribution in [3.05, 3.63) is 23.4 Å². The van der Waals surface area contributed by atoms with E-state index < -0.39 is 12.0 Å². The zero-order chi connectivity index (χ0) is 14.2. The summed E-state index contributed by atoms with van der Waals surface area (Å²) in [4.78, 5) is 27.4. The second-order valence-electron chi connectivity index (χ2n) is 4.54. The summed E-state index contributed by atoms with van der Waals surface area (Å²) < 4.78 is 0. The normalized spacial score (nSPS) is 19.4. The summed E-state index contributed by atoms with van der Waals surface area (Å²) in [6.45, 7) is 3.62. The van der Waals surface area contributed by atoms with Crippen LogP contribution in [0.25, 0.3) is 0 Å². The molecule has 0 saturated carbocycles. The van der Waals surface area contributed by atoms with E-state index in [4.69, 9.17) is 11.6 Å². The monoisotopic (exact) mass is 283 g/mol. The first-order valence-electron chi connectivity index (χ1n) is 5.88. The van der Waals surface area contributed by atoms with Crippen LogP contribution >= 0.6 is 11.6 Å². The topological polar surface area (TPSA) is 73.7 Å². The van der Waals surface area contributed by atoms with E-state index in [0.717, 1.165) is 0 Å². The van der Waals surface area contributed by atoms with Crippen LogP contribution in [0, 0.1) is 0 Å². The maximum atomic E-state index is 12.0. The molecule has 0 spiro atoms. The minimum atomic E-state index is -1.07. The van der Waals surface area contributed by atoms with Crippen molar-refractivity contribution in [2.45, 2.75) is 32.4 Å². The molecule has 2 rings (SSSR count). The fourth-order valence-corrected chi connectivity index (χ4v) is 2.35. The summed E-state index contributed by atoms with van der Waals surface area (Å²) in [5.74, 6) is -1.03. The lowest BCUT2D eigenvalue weighted by molar-refractivity contribution is -0.139. The lowest BCUT2D eigenvalue weighted by Gasteiger charge is -2.34. The highest BCUT2D eigenvalue weighted by Crippen LogP contribution is 2.32. The Bertz CT molecular complexity index is 521. The SMILES string of the molecule is CC(C)N1C(=O)CC(C(=O)O)N1c1ncccc1Cl. The number of hydrogen-bond donors (Lipinski definition) is 1. The van der Waals surface area contributed by atoms with Gasteiger partial charge in [-0.2, -0.15) is 0 Å². The van der Waals surface area contributed by atoms with Gasteiger partial charge in [-0.25, -0.2) is 19.8 Å². The molecule has 0 radical (unpaired) electrons. The Morgan fingerprint density at radius 1 is 1.58 bits per heavy atom. The van der Waals surface area contributed by atoms with E-state index in [1.54, 1.807) is 12.1 Å². The average molecular weight is 284 g/mol. The van der Waals surface area contributed by atoms with Crippen LogP contribution < -0.4 is 5.01 Å². The number of carbonyl (C=O) groups is 2. The maximum Gasteiger partial charge on any atom is 0.329 e. The fraction of sp³-hybridized carbons (Fsp3) is 0.417. The van der Waals surface area contributed by atoms with Gasteiger partial charge in [0.05, 0.1) is 11.4 Å². The molecular formula is C12H14ClN3O3. The number of hydrogen-bond acceptors (Lipinski definition) is 4. The number of amides is 1. The number of nitrogens with zero attached hydrogens (tertiary/aromatic N) is 3. The Morgan fingerprint density at radius 2 is 2.26 bits per heavy atom. The third-order valence-electron chi connectivity index (χ3n) is 2.88. The third kappa shape index (κ3) is 2.35. The Kier molecular flexibility index (Phi) is 3.61. The van der Waals surface area contributed by atoms with E-state index in [0.29, 0.717) is 5.02 Å². The van der Waals surface area contributed by atoms with Crippen LogP contribution in [0.5, 0.6) is 0 Å². The van der Waals surface area contributed by atoms with Crippen LogP contribution in [0.4, 0.5) is 5.82 Å². The molecular weight excluding hydrogens is 270 g/mol. The first kappa shape index (κ1) is 13.6. The molecule has 19 heavy (non-hydrogen) atoms. The molecule has 0 aromatic carbocycles. The van der Waals surface area contributed by atoms with Gasteiger partial charge in [0.15, 0.2) is 11.9 Å². The van der Waals surface area contributed by atoms with E-state index in [2.05, 4.69) is 4.98 Å². The summed E-state index contributed by atoms with van der Waals surface area (Å²) in [5.41, 5.74) is 0. The van der Waals surface area contributed by atoms with E-state index in [-0.39, 0.29) is 24.2 Å². The quantitative estimate of drug-likeness (QED) is 0.911. The number of hydrazine groups is 1. The molecule has 0 aliphatic carbocycles. The predicted octanol–water partition coefficient (Wildman–Crippen LogP) is 1.55. The molecule has 1 aromatic rings. The van der Waals surface area contributed by atoms with Crippen LogP contribution in [0.3, 0.4) is 0 Å². The first-order chi connectivity index (χ1) is 8.93. The van der Waals surface area contributed by atoms with Crippen molar-refractivity contribution >= 4 is 29.3 Å². The lowest BCUT2D eigenvalue weighted by Crippen LogP contribution is -2.49. The molecule has 1 aliphatic heterocycles. The number of carbonyl (C=O) groups excluding carboxylic acids is 1. The molecule has 2 heterocycles. The molecule has 0 bridgehead atoms. The predicted molar refractivity (Wildman–Crippen MR) is 69.7 cm³/mol. The molecule has 102 valence electrons. The van der Waals surface area contributed by atoms with Crippen molar-refractivity contribution in [1.82, 2.24) is 9.99 Å². The average Bonchev–Trinajstić information content (AvgIpc) is 2.67. The van der Waals surface area contributed by atoms with Gasteiger partial charge in [0.25, 0.3) is 0 Å². The van der Waals surface area contributed by atoms with Crippen molar-refractivity contribution in [1.29, 1.82) is 0 Å². The Balaban J connectivity index is 2.50. The second kappa shape index (κ2) is 5.05. The van der Waals surface area contributed by atoms with Crippen LogP contribution in [0.1, 0.15) is 20.3 Å². The van der Waals surface area contributed by atoms with Crippen LogP contribution in [-0.2, 0) is 9.59 Å². The molecule has 1 aliphatic rings. The summed E-state index contributed by atoms with van der Waals surface area (Å²) in [5, 5.41) is 12.3. The molecule has 1 unspecified atom stereocenters. The molecule has 7 heteroatoms. The molecule has 1 N–H and O–H groups in total. The summed E-state index contributed by atoms with van der Waals surface area (Å²) in [6.07, 6.45) is 1.43. The highest BCUT2D eigenvalue weighted by atomic mass is 35.5. The van der Waals surface area contributed by atoms with E-state index in [9.17, 15) is 14.7 Å². The lowest BCUT2D eigenvalue weighted by atomic mass is 10.2. The number of pyridine rings is 1. The van der Waals surface area contributed by atoms with Gasteiger partial charge in [-0.05, 0) is 26.0 Å². The zero-order valence-corrected chi connectivity index (χ0v) is 11.3. The standard InChI is InChI=1S/C12H14ClN3O3/c1-7(2)15-10(17)6-9(12(18)19)16(15)11-8(13)4-3-5-14-11/h3-5,7,9H,6H2,1-2H3,(H,18,19). The first-order valence-corrected chi connectivity index (χ1v) is 6.25. The van der Waals surface area contributed by atoms with Gasteiger partial charge < -0.3 is 5.11 Å². The number of carboxylic acids is 1. The smallest absolute Gasteiger partial charge is 0.329 e. The van der Waals surface area contributed by atoms with Gasteiger partial charge in [-0.15, -0.1) is 0 Å². The second-order valence-corrected chi connectivity index (χ2v) is 4.95. The van der Waals surface area contributed by atoms with Crippen molar-refractivity contribution < 1.29 is 14.7 Å². The molecule has 1 atom stereocenters. The summed E-state index contributed by atoms with van der Waals surface area (Å²) in [7, 11) is 0. The molecule has 1 fully saturated rings. The van der Waals surface area contributed by atoms with E-state index in [1.807, 2.05) is 13.8 Å². The van der Waals surface area contributed by atoms with Gasteiger partial charge in [-0.1, -0.05) is 11.6 Å². The Hall–Kier alpha value is -1.82. The molecule has 1 aromatic heterocycles. The van der Waals surface area contributed by atoms with Crippen molar-refractivity contribution in [2.75, 3.05) is 5.01 Å². The largest absolute Gasteiger partial charge is 0.480 e. The highest BCUT2D eigenvalue weighted by Gasteiger charge is 2.44. The Morgan fingerprint density at radius 3 is 2.79 bits per heavy atom. The van der Waals surface area contributed by atoms with E-state index >= 15 is 0 Å². The maximum absolute atomic E-state index is 12.0. The number of anilines is 1. The third-order valence-corrected chi connectivity index (χ3v) is 3.18. The van der Waals surface area contributed by atoms with Crippen LogP contribution in [0.15, 0.2) is 18.3 Å². The van der Waals surface area contributed by atoms with Gasteiger partial charge in [0.2, 0.25) is 5.91 Å². The van der Waals surface area contributed by atoms with Crippen LogP contribution in [-0.4, -0.2) is 39.1 Å². The summed E-state index contributed by atoms with van der Waals surface area (Å²) in [6, 6.07) is 2.13. The number of aromatic nitrogens is 1. The van der Waals surface area contributed by atoms with Crippen LogP contribution in [0.2, 0.25) is 5.02 Å². The Labute approximate surface area is 115 Å². The number of carboxylic acid groups (broad SMARTS) is 1. The number of rotatable bonds is 3. The number of aliphatic carboxylic acids is 1.